The molecule has 1 saturated carbocycles. The highest BCUT2D eigenvalue weighted by Gasteiger charge is 2.42. The van der Waals surface area contributed by atoms with Crippen LogP contribution in [0.15, 0.2) is 24.3 Å². The van der Waals surface area contributed by atoms with Gasteiger partial charge in [-0.3, -0.25) is 0 Å². The highest BCUT2D eigenvalue weighted by molar-refractivity contribution is 5.40. The molecule has 76 valence electrons. The van der Waals surface area contributed by atoms with Gasteiger partial charge in [0.05, 0.1) is 13.2 Å². The third-order valence-corrected chi connectivity index (χ3v) is 2.84. The number of aliphatic hydroxyl groups excluding tert-OH is 1. The van der Waals surface area contributed by atoms with Crippen molar-refractivity contribution in [1.82, 2.24) is 0 Å². The molecule has 3 nitrogen and oxygen atoms in total. The van der Waals surface area contributed by atoms with Crippen molar-refractivity contribution in [3.63, 3.8) is 0 Å². The summed E-state index contributed by atoms with van der Waals surface area (Å²) in [5, 5.41) is 9.29. The number of benzene rings is 1. The molecular formula is C11H15NO2. The van der Waals surface area contributed by atoms with Crippen molar-refractivity contribution in [3.8, 4) is 5.75 Å². The Morgan fingerprint density at radius 3 is 2.64 bits per heavy atom. The molecule has 0 radical (unpaired) electrons. The Bertz CT molecular complexity index is 332. The summed E-state index contributed by atoms with van der Waals surface area (Å²) in [5.74, 6) is 0.807. The van der Waals surface area contributed by atoms with Crippen LogP contribution in [-0.4, -0.2) is 18.3 Å². The third kappa shape index (κ3) is 1.38. The number of rotatable bonds is 2. The normalized spacial score (nSPS) is 30.9. The van der Waals surface area contributed by atoms with Crippen molar-refractivity contribution in [2.45, 2.75) is 24.5 Å². The Morgan fingerprint density at radius 1 is 1.43 bits per heavy atom. The lowest BCUT2D eigenvalue weighted by molar-refractivity contribution is 0.0199. The summed E-state index contributed by atoms with van der Waals surface area (Å²) in [5.41, 5.74) is 6.75. The summed E-state index contributed by atoms with van der Waals surface area (Å²) in [4.78, 5) is 0. The molecule has 0 spiro atoms. The largest absolute Gasteiger partial charge is 0.496 e. The lowest BCUT2D eigenvalue weighted by Gasteiger charge is -2.43. The van der Waals surface area contributed by atoms with Gasteiger partial charge in [-0.05, 0) is 18.9 Å². The van der Waals surface area contributed by atoms with Crippen LogP contribution in [0.5, 0.6) is 5.75 Å². The van der Waals surface area contributed by atoms with Crippen LogP contribution in [0.3, 0.4) is 0 Å². The van der Waals surface area contributed by atoms with Gasteiger partial charge < -0.3 is 15.6 Å². The van der Waals surface area contributed by atoms with Crippen LogP contribution in [-0.2, 0) is 5.54 Å². The van der Waals surface area contributed by atoms with E-state index >= 15 is 0 Å². The number of para-hydroxylation sites is 1. The van der Waals surface area contributed by atoms with Crippen LogP contribution in [0.4, 0.5) is 0 Å². The minimum absolute atomic E-state index is 0.259. The lowest BCUT2D eigenvalue weighted by atomic mass is 9.70. The molecule has 0 heterocycles. The molecule has 3 N–H and O–H groups in total. The fourth-order valence-corrected chi connectivity index (χ4v) is 2.06. The molecule has 0 bridgehead atoms. The molecule has 14 heavy (non-hydrogen) atoms. The summed E-state index contributed by atoms with van der Waals surface area (Å²) in [6, 6.07) is 7.72. The van der Waals surface area contributed by atoms with Crippen LogP contribution in [0.25, 0.3) is 0 Å². The first-order chi connectivity index (χ1) is 6.65. The van der Waals surface area contributed by atoms with Gasteiger partial charge in [0.25, 0.3) is 0 Å². The zero-order valence-corrected chi connectivity index (χ0v) is 8.23. The Kier molecular flexibility index (Phi) is 2.21. The van der Waals surface area contributed by atoms with Gasteiger partial charge in [-0.15, -0.1) is 0 Å². The number of nitrogens with two attached hydrogens (primary N) is 1. The lowest BCUT2D eigenvalue weighted by Crippen LogP contribution is -2.51. The van der Waals surface area contributed by atoms with Gasteiger partial charge in [0.15, 0.2) is 0 Å². The number of hydrogen-bond acceptors (Lipinski definition) is 3. The van der Waals surface area contributed by atoms with Gasteiger partial charge in [-0.2, -0.15) is 0 Å². The summed E-state index contributed by atoms with van der Waals surface area (Å²) >= 11 is 0. The zero-order chi connectivity index (χ0) is 10.2. The highest BCUT2D eigenvalue weighted by atomic mass is 16.5. The van der Waals surface area contributed by atoms with Crippen molar-refractivity contribution in [2.24, 2.45) is 5.73 Å². The van der Waals surface area contributed by atoms with Crippen molar-refractivity contribution < 1.29 is 9.84 Å². The van der Waals surface area contributed by atoms with Crippen LogP contribution in [0.2, 0.25) is 0 Å². The molecule has 1 aromatic carbocycles. The summed E-state index contributed by atoms with van der Waals surface area (Å²) in [7, 11) is 1.64. The molecule has 1 fully saturated rings. The van der Waals surface area contributed by atoms with E-state index < -0.39 is 5.54 Å². The van der Waals surface area contributed by atoms with Gasteiger partial charge in [-0.1, -0.05) is 18.2 Å². The van der Waals surface area contributed by atoms with E-state index in [-0.39, 0.29) is 6.10 Å². The standard InChI is InChI=1S/C11H15NO2/c1-14-10-5-3-2-4-9(10)11(12)6-8(13)7-11/h2-5,8,13H,6-7,12H2,1H3. The monoisotopic (exact) mass is 193 g/mol. The summed E-state index contributed by atoms with van der Waals surface area (Å²) in [6.07, 6.45) is 0.978. The van der Waals surface area contributed by atoms with Crippen molar-refractivity contribution in [3.05, 3.63) is 29.8 Å². The number of aliphatic hydroxyl groups is 1. The SMILES string of the molecule is COc1ccccc1C1(N)CC(O)C1. The molecule has 0 unspecified atom stereocenters. The first kappa shape index (κ1) is 9.49. The van der Waals surface area contributed by atoms with Crippen LogP contribution >= 0.6 is 0 Å². The average molecular weight is 193 g/mol. The number of hydrogen-bond donors (Lipinski definition) is 2. The van der Waals surface area contributed by atoms with Gasteiger partial charge in [0.2, 0.25) is 0 Å². The van der Waals surface area contributed by atoms with Gasteiger partial charge in [0.1, 0.15) is 5.75 Å². The third-order valence-electron chi connectivity index (χ3n) is 2.84. The maximum absolute atomic E-state index is 9.29. The van der Waals surface area contributed by atoms with E-state index in [9.17, 15) is 5.11 Å². The number of methoxy groups -OCH3 is 1. The van der Waals surface area contributed by atoms with E-state index in [1.807, 2.05) is 24.3 Å². The minimum atomic E-state index is -0.397. The first-order valence-electron chi connectivity index (χ1n) is 4.76. The van der Waals surface area contributed by atoms with E-state index in [0.717, 1.165) is 11.3 Å². The van der Waals surface area contributed by atoms with Crippen LogP contribution < -0.4 is 10.5 Å². The molecular weight excluding hydrogens is 178 g/mol. The van der Waals surface area contributed by atoms with E-state index in [2.05, 4.69) is 0 Å². The fraction of sp³-hybridized carbons (Fsp3) is 0.455. The van der Waals surface area contributed by atoms with Crippen LogP contribution in [0.1, 0.15) is 18.4 Å². The highest BCUT2D eigenvalue weighted by Crippen LogP contribution is 2.42. The topological polar surface area (TPSA) is 55.5 Å². The Labute approximate surface area is 83.5 Å². The summed E-state index contributed by atoms with van der Waals surface area (Å²) in [6.45, 7) is 0. The molecule has 1 aliphatic rings. The molecule has 1 aromatic rings. The second-order valence-corrected chi connectivity index (χ2v) is 3.92. The van der Waals surface area contributed by atoms with Gasteiger partial charge in [-0.25, -0.2) is 0 Å². The fourth-order valence-electron chi connectivity index (χ4n) is 2.06. The quantitative estimate of drug-likeness (QED) is 0.736. The summed E-state index contributed by atoms with van der Waals surface area (Å²) < 4.78 is 5.24. The first-order valence-corrected chi connectivity index (χ1v) is 4.76. The molecule has 0 saturated heterocycles. The molecule has 3 heteroatoms. The molecule has 2 rings (SSSR count). The molecule has 1 aliphatic carbocycles. The molecule has 0 aliphatic heterocycles. The maximum atomic E-state index is 9.29. The smallest absolute Gasteiger partial charge is 0.123 e. The molecule has 0 atom stereocenters. The van der Waals surface area contributed by atoms with E-state index in [1.54, 1.807) is 7.11 Å². The average Bonchev–Trinajstić information content (AvgIpc) is 2.15. The van der Waals surface area contributed by atoms with E-state index in [4.69, 9.17) is 10.5 Å². The van der Waals surface area contributed by atoms with Gasteiger partial charge in [0, 0.05) is 11.1 Å². The maximum Gasteiger partial charge on any atom is 0.123 e. The second kappa shape index (κ2) is 3.26. The second-order valence-electron chi connectivity index (χ2n) is 3.92. The Morgan fingerprint density at radius 2 is 2.07 bits per heavy atom. The molecule has 0 aromatic heterocycles. The van der Waals surface area contributed by atoms with Crippen molar-refractivity contribution in [1.29, 1.82) is 0 Å². The Hall–Kier alpha value is -1.06. The predicted molar refractivity (Wildman–Crippen MR) is 54.1 cm³/mol. The Balaban J connectivity index is 2.32. The van der Waals surface area contributed by atoms with E-state index in [1.165, 1.54) is 0 Å². The minimum Gasteiger partial charge on any atom is -0.496 e. The predicted octanol–water partition coefficient (Wildman–Crippen LogP) is 1.00. The molecule has 0 amide bonds. The van der Waals surface area contributed by atoms with E-state index in [0.29, 0.717) is 12.8 Å². The van der Waals surface area contributed by atoms with Crippen molar-refractivity contribution >= 4 is 0 Å². The van der Waals surface area contributed by atoms with Crippen LogP contribution in [0, 0.1) is 0 Å². The van der Waals surface area contributed by atoms with Crippen molar-refractivity contribution in [2.75, 3.05) is 7.11 Å². The number of ether oxygens (including phenoxy) is 1. The zero-order valence-electron chi connectivity index (χ0n) is 8.23. The van der Waals surface area contributed by atoms with Gasteiger partial charge >= 0.3 is 0 Å².